The lowest BCUT2D eigenvalue weighted by molar-refractivity contribution is 0.0943. The maximum absolute atomic E-state index is 12.5. The molecule has 1 amide bonds. The zero-order chi connectivity index (χ0) is 18.0. The summed E-state index contributed by atoms with van der Waals surface area (Å²) >= 11 is 0. The average molecular weight is 341 g/mol. The molecule has 1 aliphatic heterocycles. The molecule has 6 heteroatoms. The van der Waals surface area contributed by atoms with E-state index in [1.165, 1.54) is 5.69 Å². The van der Waals surface area contributed by atoms with E-state index >= 15 is 0 Å². The van der Waals surface area contributed by atoms with Crippen molar-refractivity contribution in [1.82, 2.24) is 20.1 Å². The predicted octanol–water partition coefficient (Wildman–Crippen LogP) is 2.39. The van der Waals surface area contributed by atoms with Crippen molar-refractivity contribution >= 4 is 11.6 Å². The van der Waals surface area contributed by atoms with Crippen LogP contribution in [0.1, 0.15) is 40.3 Å². The Balaban J connectivity index is 1.52. The molecule has 0 saturated carbocycles. The van der Waals surface area contributed by atoms with E-state index in [2.05, 4.69) is 32.4 Å². The number of hydrogen-bond acceptors (Lipinski definition) is 4. The fourth-order valence-corrected chi connectivity index (χ4v) is 3.55. The van der Waals surface area contributed by atoms with Crippen molar-refractivity contribution < 1.29 is 4.79 Å². The van der Waals surface area contributed by atoms with Gasteiger partial charge in [-0.3, -0.25) is 14.5 Å². The topological polar surface area (TPSA) is 63.1 Å². The molecule has 134 valence electrons. The molecule has 1 aliphatic rings. The Labute approximate surface area is 149 Å². The highest BCUT2D eigenvalue weighted by Crippen LogP contribution is 2.23. The minimum atomic E-state index is -0.00436. The number of piperidine rings is 1. The second kappa shape index (κ2) is 7.25. The van der Waals surface area contributed by atoms with Crippen molar-refractivity contribution in [2.75, 3.05) is 24.5 Å². The van der Waals surface area contributed by atoms with Crippen LogP contribution in [0.25, 0.3) is 0 Å². The highest BCUT2D eigenvalue weighted by atomic mass is 16.1. The lowest BCUT2D eigenvalue weighted by Crippen LogP contribution is -2.38. The maximum atomic E-state index is 12.5. The summed E-state index contributed by atoms with van der Waals surface area (Å²) in [4.78, 5) is 19.2. The van der Waals surface area contributed by atoms with Gasteiger partial charge in [-0.15, -0.1) is 0 Å². The van der Waals surface area contributed by atoms with Gasteiger partial charge in [-0.05, 0) is 51.7 Å². The van der Waals surface area contributed by atoms with Gasteiger partial charge < -0.3 is 10.2 Å². The first-order valence-corrected chi connectivity index (χ1v) is 8.91. The Morgan fingerprint density at radius 3 is 2.60 bits per heavy atom. The summed E-state index contributed by atoms with van der Waals surface area (Å²) in [6.45, 7) is 8.62. The molecule has 2 aromatic rings. The third-order valence-electron chi connectivity index (χ3n) is 5.15. The number of nitrogens with one attached hydrogen (secondary N) is 1. The van der Waals surface area contributed by atoms with E-state index in [9.17, 15) is 4.79 Å². The number of carbonyl (C=O) groups excluding carboxylic acids is 1. The van der Waals surface area contributed by atoms with E-state index in [1.807, 2.05) is 34.0 Å². The van der Waals surface area contributed by atoms with Crippen molar-refractivity contribution in [2.45, 2.75) is 33.6 Å². The zero-order valence-corrected chi connectivity index (χ0v) is 15.5. The van der Waals surface area contributed by atoms with Crippen LogP contribution in [0.3, 0.4) is 0 Å². The molecule has 0 radical (unpaired) electrons. The fourth-order valence-electron chi connectivity index (χ4n) is 3.55. The van der Waals surface area contributed by atoms with E-state index in [-0.39, 0.29) is 5.91 Å². The minimum Gasteiger partial charge on any atom is -0.371 e. The Bertz CT molecular complexity index is 759. The number of carbonyl (C=O) groups is 1. The molecule has 1 fully saturated rings. The molecule has 6 nitrogen and oxygen atoms in total. The van der Waals surface area contributed by atoms with Crippen LogP contribution in [-0.2, 0) is 7.05 Å². The van der Waals surface area contributed by atoms with E-state index in [0.29, 0.717) is 11.5 Å². The van der Waals surface area contributed by atoms with E-state index in [1.54, 1.807) is 4.68 Å². The molecule has 0 bridgehead atoms. The number of amides is 1. The highest BCUT2D eigenvalue weighted by molar-refractivity contribution is 5.96. The molecule has 25 heavy (non-hydrogen) atoms. The Kier molecular flexibility index (Phi) is 5.06. The summed E-state index contributed by atoms with van der Waals surface area (Å²) in [6, 6.07) is 4.21. The zero-order valence-electron chi connectivity index (χ0n) is 15.5. The summed E-state index contributed by atoms with van der Waals surface area (Å²) in [5.41, 5.74) is 4.72. The molecule has 0 atom stereocenters. The summed E-state index contributed by atoms with van der Waals surface area (Å²) in [5.74, 6) is 0.524. The van der Waals surface area contributed by atoms with E-state index in [4.69, 9.17) is 0 Å². The number of hydrogen-bond donors (Lipinski definition) is 1. The van der Waals surface area contributed by atoms with Gasteiger partial charge in [-0.2, -0.15) is 5.10 Å². The molecular formula is C19H27N5O. The number of pyridine rings is 1. The van der Waals surface area contributed by atoms with Crippen molar-refractivity contribution in [3.63, 3.8) is 0 Å². The van der Waals surface area contributed by atoms with E-state index in [0.717, 1.165) is 49.6 Å². The largest absolute Gasteiger partial charge is 0.371 e. The highest BCUT2D eigenvalue weighted by Gasteiger charge is 2.22. The number of nitrogens with zero attached hydrogens (tertiary/aromatic N) is 4. The average Bonchev–Trinajstić information content (AvgIpc) is 2.85. The van der Waals surface area contributed by atoms with Crippen LogP contribution in [0.2, 0.25) is 0 Å². The Morgan fingerprint density at radius 2 is 2.00 bits per heavy atom. The molecule has 0 unspecified atom stereocenters. The number of aromatic nitrogens is 3. The van der Waals surface area contributed by atoms with Gasteiger partial charge in [0.05, 0.1) is 11.3 Å². The molecule has 0 spiro atoms. The molecule has 1 N–H and O–H groups in total. The normalized spacial score (nSPS) is 15.4. The molecule has 3 rings (SSSR count). The smallest absolute Gasteiger partial charge is 0.255 e. The lowest BCUT2D eigenvalue weighted by Gasteiger charge is -2.33. The number of rotatable bonds is 4. The third-order valence-corrected chi connectivity index (χ3v) is 5.15. The quantitative estimate of drug-likeness (QED) is 0.927. The summed E-state index contributed by atoms with van der Waals surface area (Å²) in [6.07, 6.45) is 4.05. The molecule has 0 aliphatic carbocycles. The van der Waals surface area contributed by atoms with E-state index < -0.39 is 0 Å². The minimum absolute atomic E-state index is 0.00436. The van der Waals surface area contributed by atoms with Gasteiger partial charge in [0.2, 0.25) is 0 Å². The van der Waals surface area contributed by atoms with Gasteiger partial charge in [0.25, 0.3) is 5.91 Å². The Morgan fingerprint density at radius 1 is 1.28 bits per heavy atom. The molecular weight excluding hydrogens is 314 g/mol. The summed E-state index contributed by atoms with van der Waals surface area (Å²) in [5, 5.41) is 7.43. The first-order chi connectivity index (χ1) is 12.0. The van der Waals surface area contributed by atoms with Crippen LogP contribution in [0.4, 0.5) is 5.69 Å². The van der Waals surface area contributed by atoms with Gasteiger partial charge in [0, 0.05) is 50.0 Å². The van der Waals surface area contributed by atoms with Crippen molar-refractivity contribution in [1.29, 1.82) is 0 Å². The molecule has 2 aromatic heterocycles. The first kappa shape index (κ1) is 17.5. The van der Waals surface area contributed by atoms with Crippen LogP contribution in [0.15, 0.2) is 18.3 Å². The summed E-state index contributed by atoms with van der Waals surface area (Å²) in [7, 11) is 1.87. The fraction of sp³-hybridized carbons (Fsp3) is 0.526. The number of anilines is 1. The molecule has 3 heterocycles. The van der Waals surface area contributed by atoms with Crippen molar-refractivity contribution in [3.8, 4) is 0 Å². The first-order valence-electron chi connectivity index (χ1n) is 8.91. The van der Waals surface area contributed by atoms with Crippen molar-refractivity contribution in [3.05, 3.63) is 41.0 Å². The van der Waals surface area contributed by atoms with Crippen LogP contribution < -0.4 is 10.2 Å². The maximum Gasteiger partial charge on any atom is 0.255 e. The standard InChI is InChI=1S/C19H27N5O/c1-13-11-17(5-8-20-13)24-9-6-16(7-10-24)12-21-19(25)18-14(2)22-23(4)15(18)3/h5,8,11,16H,6-7,9-10,12H2,1-4H3,(H,21,25). The Hall–Kier alpha value is -2.37. The number of aryl methyl sites for hydroxylation is 3. The van der Waals surface area contributed by atoms with Crippen LogP contribution in [0.5, 0.6) is 0 Å². The second-order valence-corrected chi connectivity index (χ2v) is 6.97. The van der Waals surface area contributed by atoms with Gasteiger partial charge >= 0.3 is 0 Å². The lowest BCUT2D eigenvalue weighted by atomic mass is 9.96. The van der Waals surface area contributed by atoms with Crippen LogP contribution in [0, 0.1) is 26.7 Å². The van der Waals surface area contributed by atoms with Crippen LogP contribution >= 0.6 is 0 Å². The molecule has 1 saturated heterocycles. The van der Waals surface area contributed by atoms with Crippen molar-refractivity contribution in [2.24, 2.45) is 13.0 Å². The van der Waals surface area contributed by atoms with Gasteiger partial charge in [-0.25, -0.2) is 0 Å². The monoisotopic (exact) mass is 341 g/mol. The van der Waals surface area contributed by atoms with Gasteiger partial charge in [-0.1, -0.05) is 0 Å². The summed E-state index contributed by atoms with van der Waals surface area (Å²) < 4.78 is 1.76. The van der Waals surface area contributed by atoms with Gasteiger partial charge in [0.15, 0.2) is 0 Å². The third kappa shape index (κ3) is 3.83. The SMILES string of the molecule is Cc1cc(N2CCC(CNC(=O)c3c(C)nn(C)c3C)CC2)ccn1. The predicted molar refractivity (Wildman–Crippen MR) is 98.9 cm³/mol. The van der Waals surface area contributed by atoms with Gasteiger partial charge in [0.1, 0.15) is 0 Å². The molecule has 0 aromatic carbocycles. The second-order valence-electron chi connectivity index (χ2n) is 6.97. The van der Waals surface area contributed by atoms with Crippen LogP contribution in [-0.4, -0.2) is 40.3 Å².